The summed E-state index contributed by atoms with van der Waals surface area (Å²) in [7, 11) is 1.57. The van der Waals surface area contributed by atoms with Crippen LogP contribution in [0.15, 0.2) is 28.8 Å². The van der Waals surface area contributed by atoms with Crippen LogP contribution in [0.5, 0.6) is 0 Å². The molecule has 7 nitrogen and oxygen atoms in total. The Balaban J connectivity index is 1.66. The van der Waals surface area contributed by atoms with Crippen LogP contribution in [0.2, 0.25) is 0 Å². The molecule has 0 spiro atoms. The Labute approximate surface area is 141 Å². The average Bonchev–Trinajstić information content (AvgIpc) is 3.06. The minimum Gasteiger partial charge on any atom is -0.377 e. The summed E-state index contributed by atoms with van der Waals surface area (Å²) >= 11 is 0. The van der Waals surface area contributed by atoms with Crippen molar-refractivity contribution in [2.45, 2.75) is 39.1 Å². The van der Waals surface area contributed by atoms with Crippen molar-refractivity contribution in [2.75, 3.05) is 13.7 Å². The van der Waals surface area contributed by atoms with Crippen molar-refractivity contribution in [3.05, 3.63) is 47.1 Å². The van der Waals surface area contributed by atoms with E-state index >= 15 is 0 Å². The lowest BCUT2D eigenvalue weighted by atomic mass is 9.95. The highest BCUT2D eigenvalue weighted by atomic mass is 16.5. The number of hydrogen-bond acceptors (Lipinski definition) is 6. The molecule has 3 rings (SSSR count). The number of carbonyl (C=O) groups excluding carboxylic acids is 1. The predicted octanol–water partition coefficient (Wildman–Crippen LogP) is 1.28. The number of carbonyl (C=O) groups is 1. The van der Waals surface area contributed by atoms with Crippen molar-refractivity contribution in [1.29, 1.82) is 0 Å². The molecular weight excluding hydrogens is 308 g/mol. The SMILES string of the molecule is CCN(Cc1nc(COC)no1)C(=O)[C@H]1Cc2ccccc2CN1. The highest BCUT2D eigenvalue weighted by Crippen LogP contribution is 2.18. The van der Waals surface area contributed by atoms with Gasteiger partial charge in [0, 0.05) is 20.2 Å². The maximum Gasteiger partial charge on any atom is 0.246 e. The second-order valence-electron chi connectivity index (χ2n) is 5.80. The van der Waals surface area contributed by atoms with Gasteiger partial charge in [-0.15, -0.1) is 0 Å². The lowest BCUT2D eigenvalue weighted by Gasteiger charge is -2.29. The van der Waals surface area contributed by atoms with E-state index in [1.54, 1.807) is 12.0 Å². The summed E-state index contributed by atoms with van der Waals surface area (Å²) in [4.78, 5) is 18.8. The van der Waals surface area contributed by atoms with E-state index in [2.05, 4.69) is 27.6 Å². The fourth-order valence-electron chi connectivity index (χ4n) is 2.90. The van der Waals surface area contributed by atoms with Crippen molar-refractivity contribution < 1.29 is 14.1 Å². The standard InChI is InChI=1S/C17H22N4O3/c1-3-21(10-16-19-15(11-23-2)20-24-16)17(22)14-8-12-6-4-5-7-13(12)9-18-14/h4-7,14,18H,3,8-11H2,1-2H3/t14-/m1/s1. The Morgan fingerprint density at radius 3 is 2.96 bits per heavy atom. The summed E-state index contributed by atoms with van der Waals surface area (Å²) in [6.07, 6.45) is 0.699. The van der Waals surface area contributed by atoms with Gasteiger partial charge in [-0.05, 0) is 24.5 Å². The molecule has 1 N–H and O–H groups in total. The molecule has 0 radical (unpaired) electrons. The van der Waals surface area contributed by atoms with Gasteiger partial charge < -0.3 is 19.5 Å². The Morgan fingerprint density at radius 2 is 2.21 bits per heavy atom. The van der Waals surface area contributed by atoms with Crippen LogP contribution in [0.25, 0.3) is 0 Å². The molecule has 7 heteroatoms. The van der Waals surface area contributed by atoms with Gasteiger partial charge in [0.25, 0.3) is 0 Å². The zero-order chi connectivity index (χ0) is 16.9. The van der Waals surface area contributed by atoms with E-state index in [-0.39, 0.29) is 11.9 Å². The molecule has 0 bridgehead atoms. The third-order valence-corrected chi connectivity index (χ3v) is 4.18. The number of hydrogen-bond donors (Lipinski definition) is 1. The van der Waals surface area contributed by atoms with Crippen LogP contribution in [0.4, 0.5) is 0 Å². The molecule has 1 amide bonds. The highest BCUT2D eigenvalue weighted by molar-refractivity contribution is 5.82. The van der Waals surface area contributed by atoms with E-state index in [0.717, 1.165) is 0 Å². The molecule has 1 aromatic heterocycles. The fourth-order valence-corrected chi connectivity index (χ4v) is 2.90. The number of ether oxygens (including phenoxy) is 1. The Morgan fingerprint density at radius 1 is 1.42 bits per heavy atom. The number of methoxy groups -OCH3 is 1. The van der Waals surface area contributed by atoms with Gasteiger partial charge in [-0.25, -0.2) is 0 Å². The Hall–Kier alpha value is -2.25. The number of likely N-dealkylation sites (N-methyl/N-ethyl adjacent to an activating group) is 1. The lowest BCUT2D eigenvalue weighted by molar-refractivity contribution is -0.134. The van der Waals surface area contributed by atoms with Crippen LogP contribution >= 0.6 is 0 Å². The molecule has 2 heterocycles. The molecule has 128 valence electrons. The van der Waals surface area contributed by atoms with Crippen LogP contribution in [-0.2, 0) is 35.6 Å². The topological polar surface area (TPSA) is 80.5 Å². The second kappa shape index (κ2) is 7.55. The van der Waals surface area contributed by atoms with E-state index in [1.807, 2.05) is 19.1 Å². The molecule has 0 aliphatic carbocycles. The predicted molar refractivity (Wildman–Crippen MR) is 86.9 cm³/mol. The van der Waals surface area contributed by atoms with Crippen molar-refractivity contribution >= 4 is 5.91 Å². The van der Waals surface area contributed by atoms with Gasteiger partial charge >= 0.3 is 0 Å². The summed E-state index contributed by atoms with van der Waals surface area (Å²) in [5.74, 6) is 0.965. The number of nitrogens with zero attached hydrogens (tertiary/aromatic N) is 3. The van der Waals surface area contributed by atoms with Gasteiger partial charge in [-0.1, -0.05) is 29.4 Å². The normalized spacial score (nSPS) is 16.7. The monoisotopic (exact) mass is 330 g/mol. The van der Waals surface area contributed by atoms with Crippen LogP contribution in [0.3, 0.4) is 0 Å². The van der Waals surface area contributed by atoms with Crippen molar-refractivity contribution in [3.8, 4) is 0 Å². The Kier molecular flexibility index (Phi) is 5.22. The summed E-state index contributed by atoms with van der Waals surface area (Å²) < 4.78 is 10.2. The van der Waals surface area contributed by atoms with Crippen LogP contribution < -0.4 is 5.32 Å². The van der Waals surface area contributed by atoms with Gasteiger partial charge in [-0.3, -0.25) is 4.79 Å². The zero-order valence-electron chi connectivity index (χ0n) is 14.0. The summed E-state index contributed by atoms with van der Waals surface area (Å²) in [5.41, 5.74) is 2.48. The number of aromatic nitrogens is 2. The third kappa shape index (κ3) is 3.63. The van der Waals surface area contributed by atoms with Gasteiger partial charge in [-0.2, -0.15) is 4.98 Å². The third-order valence-electron chi connectivity index (χ3n) is 4.18. The first-order chi connectivity index (χ1) is 11.7. The van der Waals surface area contributed by atoms with Crippen molar-refractivity contribution in [2.24, 2.45) is 0 Å². The molecule has 0 unspecified atom stereocenters. The summed E-state index contributed by atoms with van der Waals surface area (Å²) in [6.45, 7) is 3.85. The molecule has 1 aliphatic rings. The smallest absolute Gasteiger partial charge is 0.246 e. The minimum absolute atomic E-state index is 0.0542. The van der Waals surface area contributed by atoms with E-state index in [0.29, 0.717) is 44.4 Å². The van der Waals surface area contributed by atoms with E-state index in [1.165, 1.54) is 11.1 Å². The first-order valence-electron chi connectivity index (χ1n) is 8.10. The Bertz CT molecular complexity index is 701. The van der Waals surface area contributed by atoms with Crippen LogP contribution in [0, 0.1) is 0 Å². The second-order valence-corrected chi connectivity index (χ2v) is 5.80. The molecule has 1 atom stereocenters. The maximum absolute atomic E-state index is 12.8. The molecule has 0 fully saturated rings. The van der Waals surface area contributed by atoms with E-state index in [9.17, 15) is 4.79 Å². The number of amides is 1. The van der Waals surface area contributed by atoms with Crippen LogP contribution in [0.1, 0.15) is 29.8 Å². The van der Waals surface area contributed by atoms with Gasteiger partial charge in [0.15, 0.2) is 5.82 Å². The molecular formula is C17H22N4O3. The van der Waals surface area contributed by atoms with Crippen molar-refractivity contribution in [3.63, 3.8) is 0 Å². The average molecular weight is 330 g/mol. The molecule has 24 heavy (non-hydrogen) atoms. The largest absolute Gasteiger partial charge is 0.377 e. The number of benzene rings is 1. The first kappa shape index (κ1) is 16.6. The zero-order valence-corrected chi connectivity index (χ0v) is 14.0. The molecule has 2 aromatic rings. The highest BCUT2D eigenvalue weighted by Gasteiger charge is 2.28. The fraction of sp³-hybridized carbons (Fsp3) is 0.471. The first-order valence-corrected chi connectivity index (χ1v) is 8.10. The molecule has 1 aliphatic heterocycles. The van der Waals surface area contributed by atoms with E-state index < -0.39 is 0 Å². The van der Waals surface area contributed by atoms with Crippen molar-refractivity contribution in [1.82, 2.24) is 20.4 Å². The number of fused-ring (bicyclic) bond motifs is 1. The number of rotatable bonds is 6. The van der Waals surface area contributed by atoms with Gasteiger partial charge in [0.2, 0.25) is 11.8 Å². The molecule has 1 aromatic carbocycles. The number of nitrogens with one attached hydrogen (secondary N) is 1. The molecule has 0 saturated heterocycles. The van der Waals surface area contributed by atoms with Gasteiger partial charge in [0.1, 0.15) is 13.2 Å². The van der Waals surface area contributed by atoms with E-state index in [4.69, 9.17) is 9.26 Å². The summed E-state index contributed by atoms with van der Waals surface area (Å²) in [6, 6.07) is 7.99. The minimum atomic E-state index is -0.221. The lowest BCUT2D eigenvalue weighted by Crippen LogP contribution is -2.49. The molecule has 0 saturated carbocycles. The quantitative estimate of drug-likeness (QED) is 0.859. The summed E-state index contributed by atoms with van der Waals surface area (Å²) in [5, 5.41) is 7.15. The van der Waals surface area contributed by atoms with Gasteiger partial charge in [0.05, 0.1) is 6.04 Å². The maximum atomic E-state index is 12.8. The van der Waals surface area contributed by atoms with Crippen LogP contribution in [-0.4, -0.2) is 40.6 Å².